The molecule has 25 heavy (non-hydrogen) atoms. The second-order valence-corrected chi connectivity index (χ2v) is 7.68. The molecule has 1 aliphatic heterocycles. The molecule has 4 rings (SSSR count). The minimum Gasteiger partial charge on any atom is -0.493 e. The van der Waals surface area contributed by atoms with Crippen LogP contribution in [0.25, 0.3) is 0 Å². The maximum atomic E-state index is 6.48. The summed E-state index contributed by atoms with van der Waals surface area (Å²) in [6, 6.07) is 10.5. The lowest BCUT2D eigenvalue weighted by atomic mass is 9.77. The van der Waals surface area contributed by atoms with E-state index in [1.54, 1.807) is 14.2 Å². The number of hydrogen-bond acceptors (Lipinski definition) is 3. The second-order valence-electron chi connectivity index (χ2n) is 6.42. The van der Waals surface area contributed by atoms with Gasteiger partial charge in [-0.3, -0.25) is 0 Å². The Balaban J connectivity index is 1.82. The maximum absolute atomic E-state index is 6.48. The molecule has 0 saturated carbocycles. The van der Waals surface area contributed by atoms with Gasteiger partial charge in [-0.15, -0.1) is 0 Å². The van der Waals surface area contributed by atoms with Gasteiger partial charge >= 0.3 is 0 Å². The number of anilines is 1. The molecule has 0 bridgehead atoms. The van der Waals surface area contributed by atoms with Gasteiger partial charge in [0.1, 0.15) is 0 Å². The zero-order valence-corrected chi connectivity index (χ0v) is 16.4. The molecule has 1 aliphatic carbocycles. The van der Waals surface area contributed by atoms with Crippen LogP contribution in [0, 0.1) is 5.92 Å². The predicted molar refractivity (Wildman–Crippen MR) is 105 cm³/mol. The van der Waals surface area contributed by atoms with E-state index in [0.29, 0.717) is 17.6 Å². The quantitative estimate of drug-likeness (QED) is 0.623. The lowest BCUT2D eigenvalue weighted by Crippen LogP contribution is -2.29. The van der Waals surface area contributed by atoms with Crippen LogP contribution >= 0.6 is 27.5 Å². The molecule has 2 aliphatic rings. The summed E-state index contributed by atoms with van der Waals surface area (Å²) in [5, 5.41) is 4.44. The van der Waals surface area contributed by atoms with Crippen molar-refractivity contribution in [3.63, 3.8) is 0 Å². The van der Waals surface area contributed by atoms with Crippen molar-refractivity contribution in [2.75, 3.05) is 19.5 Å². The fourth-order valence-electron chi connectivity index (χ4n) is 4.03. The number of fused-ring (bicyclic) bond motifs is 3. The number of hydrogen-bond donors (Lipinski definition) is 1. The molecule has 5 heteroatoms. The average Bonchev–Trinajstić information content (AvgIpc) is 3.10. The Labute approximate surface area is 161 Å². The lowest BCUT2D eigenvalue weighted by molar-refractivity contribution is 0.351. The van der Waals surface area contributed by atoms with Crippen molar-refractivity contribution in [3.05, 3.63) is 63.1 Å². The first-order valence-electron chi connectivity index (χ1n) is 8.27. The summed E-state index contributed by atoms with van der Waals surface area (Å²) in [5.74, 6) is 2.27. The van der Waals surface area contributed by atoms with Gasteiger partial charge in [0.05, 0.1) is 35.4 Å². The predicted octanol–water partition coefficient (Wildman–Crippen LogP) is 5.95. The zero-order valence-electron chi connectivity index (χ0n) is 14.1. The molecule has 1 N–H and O–H groups in total. The number of methoxy groups -OCH3 is 2. The first-order valence-corrected chi connectivity index (χ1v) is 9.44. The van der Waals surface area contributed by atoms with E-state index in [-0.39, 0.29) is 6.04 Å². The Morgan fingerprint density at radius 3 is 2.80 bits per heavy atom. The number of benzene rings is 2. The summed E-state index contributed by atoms with van der Waals surface area (Å²) < 4.78 is 11.9. The topological polar surface area (TPSA) is 30.5 Å². The van der Waals surface area contributed by atoms with Crippen LogP contribution in [0.1, 0.15) is 29.5 Å². The lowest BCUT2D eigenvalue weighted by Gasteiger charge is -2.38. The molecule has 2 aromatic carbocycles. The fourth-order valence-corrected chi connectivity index (χ4v) is 4.89. The summed E-state index contributed by atoms with van der Waals surface area (Å²) in [6.45, 7) is 0. The van der Waals surface area contributed by atoms with Gasteiger partial charge in [-0.25, -0.2) is 0 Å². The van der Waals surface area contributed by atoms with E-state index < -0.39 is 0 Å². The van der Waals surface area contributed by atoms with Crippen LogP contribution < -0.4 is 14.8 Å². The van der Waals surface area contributed by atoms with Gasteiger partial charge in [-0.1, -0.05) is 35.9 Å². The normalized spacial score (nSPS) is 23.6. The molecule has 0 amide bonds. The molecular weight excluding hydrogens is 402 g/mol. The standard InChI is InChI=1S/C20H19BrClNO2/c1-24-17-10-11(9-15(21)20(17)25-2)18-13-6-3-5-12(13)14-7-4-8-16(22)19(14)23-18/h3-5,7-10,12-13,18,23H,6H2,1-2H3/t12-,13-,18+/m1/s1. The summed E-state index contributed by atoms with van der Waals surface area (Å²) in [7, 11) is 3.31. The van der Waals surface area contributed by atoms with Crippen molar-refractivity contribution < 1.29 is 9.47 Å². The van der Waals surface area contributed by atoms with Crippen LogP contribution in [0.5, 0.6) is 11.5 Å². The highest BCUT2D eigenvalue weighted by Crippen LogP contribution is 2.52. The van der Waals surface area contributed by atoms with Gasteiger partial charge in [0.15, 0.2) is 11.5 Å². The third kappa shape index (κ3) is 2.72. The molecule has 2 aromatic rings. The first-order chi connectivity index (χ1) is 12.1. The first kappa shape index (κ1) is 16.8. The van der Waals surface area contributed by atoms with Gasteiger partial charge in [0.25, 0.3) is 0 Å². The van der Waals surface area contributed by atoms with Crippen molar-refractivity contribution in [2.45, 2.75) is 18.4 Å². The third-order valence-corrected chi connectivity index (χ3v) is 6.06. The molecule has 130 valence electrons. The van der Waals surface area contributed by atoms with Crippen LogP contribution in [0.3, 0.4) is 0 Å². The number of ether oxygens (including phenoxy) is 2. The van der Waals surface area contributed by atoms with Gasteiger partial charge in [0, 0.05) is 5.92 Å². The molecule has 0 radical (unpaired) electrons. The Morgan fingerprint density at radius 2 is 2.04 bits per heavy atom. The average molecular weight is 421 g/mol. The van der Waals surface area contributed by atoms with Crippen molar-refractivity contribution in [1.82, 2.24) is 0 Å². The number of nitrogens with one attached hydrogen (secondary N) is 1. The molecule has 0 unspecified atom stereocenters. The summed E-state index contributed by atoms with van der Waals surface area (Å²) in [5.41, 5.74) is 3.48. The maximum Gasteiger partial charge on any atom is 0.174 e. The van der Waals surface area contributed by atoms with Crippen LogP contribution in [0.15, 0.2) is 47.0 Å². The van der Waals surface area contributed by atoms with Crippen molar-refractivity contribution in [1.29, 1.82) is 0 Å². The van der Waals surface area contributed by atoms with Crippen LogP contribution in [0.4, 0.5) is 5.69 Å². The van der Waals surface area contributed by atoms with Crippen LogP contribution in [-0.2, 0) is 0 Å². The number of rotatable bonds is 3. The van der Waals surface area contributed by atoms with E-state index in [4.69, 9.17) is 21.1 Å². The Bertz CT molecular complexity index is 852. The van der Waals surface area contributed by atoms with E-state index in [0.717, 1.165) is 32.9 Å². The van der Waals surface area contributed by atoms with E-state index in [1.807, 2.05) is 12.1 Å². The zero-order chi connectivity index (χ0) is 17.6. The molecule has 1 heterocycles. The Hall–Kier alpha value is -1.65. The van der Waals surface area contributed by atoms with Crippen molar-refractivity contribution >= 4 is 33.2 Å². The summed E-state index contributed by atoms with van der Waals surface area (Å²) in [6.07, 6.45) is 5.62. The molecular formula is C20H19BrClNO2. The fraction of sp³-hybridized carbons (Fsp3) is 0.300. The Kier molecular flexibility index (Phi) is 4.42. The largest absolute Gasteiger partial charge is 0.493 e. The highest BCUT2D eigenvalue weighted by Gasteiger charge is 2.39. The number of halogens is 2. The van der Waals surface area contributed by atoms with Crippen LogP contribution in [0.2, 0.25) is 5.02 Å². The SMILES string of the molecule is COc1cc([C@@H]2Nc3c(Cl)cccc3[C@@H]3C=CC[C@H]32)cc(Br)c1OC. The van der Waals surface area contributed by atoms with E-state index in [1.165, 1.54) is 5.56 Å². The molecule has 0 fully saturated rings. The van der Waals surface area contributed by atoms with Crippen LogP contribution in [-0.4, -0.2) is 14.2 Å². The smallest absolute Gasteiger partial charge is 0.174 e. The number of para-hydroxylation sites is 1. The Morgan fingerprint density at radius 1 is 1.20 bits per heavy atom. The minimum atomic E-state index is 0.156. The molecule has 0 spiro atoms. The molecule has 3 nitrogen and oxygen atoms in total. The highest BCUT2D eigenvalue weighted by atomic mass is 79.9. The highest BCUT2D eigenvalue weighted by molar-refractivity contribution is 9.10. The van der Waals surface area contributed by atoms with E-state index in [9.17, 15) is 0 Å². The van der Waals surface area contributed by atoms with Gasteiger partial charge in [-0.2, -0.15) is 0 Å². The van der Waals surface area contributed by atoms with Gasteiger partial charge in [-0.05, 0) is 57.6 Å². The van der Waals surface area contributed by atoms with Gasteiger partial charge < -0.3 is 14.8 Å². The monoisotopic (exact) mass is 419 g/mol. The minimum absolute atomic E-state index is 0.156. The third-order valence-electron chi connectivity index (χ3n) is 5.16. The second kappa shape index (κ2) is 6.58. The molecule has 0 saturated heterocycles. The molecule has 3 atom stereocenters. The number of allylic oxidation sites excluding steroid dienone is 2. The van der Waals surface area contributed by atoms with Crippen molar-refractivity contribution in [3.8, 4) is 11.5 Å². The van der Waals surface area contributed by atoms with Crippen molar-refractivity contribution in [2.24, 2.45) is 5.92 Å². The van der Waals surface area contributed by atoms with Gasteiger partial charge in [0.2, 0.25) is 0 Å². The molecule has 0 aromatic heterocycles. The summed E-state index contributed by atoms with van der Waals surface area (Å²) >= 11 is 10.1. The van der Waals surface area contributed by atoms with E-state index in [2.05, 4.69) is 51.6 Å². The van der Waals surface area contributed by atoms with E-state index >= 15 is 0 Å². The summed E-state index contributed by atoms with van der Waals surface area (Å²) in [4.78, 5) is 0.